The topological polar surface area (TPSA) is 46.3 Å². The molecule has 2 N–H and O–H groups in total. The molecule has 0 unspecified atom stereocenters. The molecule has 1 fully saturated rings. The fourth-order valence-electron chi connectivity index (χ4n) is 2.17. The van der Waals surface area contributed by atoms with Gasteiger partial charge in [0.2, 0.25) is 5.91 Å². The lowest BCUT2D eigenvalue weighted by molar-refractivity contribution is -0.134. The van der Waals surface area contributed by atoms with Crippen LogP contribution < -0.4 is 5.73 Å². The van der Waals surface area contributed by atoms with E-state index in [0.717, 1.165) is 18.4 Å². The van der Waals surface area contributed by atoms with Gasteiger partial charge in [0.25, 0.3) is 0 Å². The number of likely N-dealkylation sites (N-methyl/N-ethyl adjacent to an activating group) is 1. The van der Waals surface area contributed by atoms with Crippen molar-refractivity contribution in [3.05, 3.63) is 35.9 Å². The lowest BCUT2D eigenvalue weighted by atomic mass is 9.91. The second-order valence-corrected chi connectivity index (χ2v) is 4.83. The van der Waals surface area contributed by atoms with E-state index in [1.807, 2.05) is 42.3 Å². The Bertz CT molecular complexity index is 373. The van der Waals surface area contributed by atoms with Crippen molar-refractivity contribution < 1.29 is 4.79 Å². The highest BCUT2D eigenvalue weighted by Crippen LogP contribution is 2.24. The largest absolute Gasteiger partial charge is 0.341 e. The molecule has 0 aliphatic heterocycles. The first kappa shape index (κ1) is 12.1. The van der Waals surface area contributed by atoms with Gasteiger partial charge in [-0.2, -0.15) is 0 Å². The molecule has 17 heavy (non-hydrogen) atoms. The molecule has 3 heteroatoms. The minimum atomic E-state index is -0.414. The monoisotopic (exact) mass is 232 g/mol. The van der Waals surface area contributed by atoms with Crippen LogP contribution in [0.15, 0.2) is 30.3 Å². The second-order valence-electron chi connectivity index (χ2n) is 4.83. The summed E-state index contributed by atoms with van der Waals surface area (Å²) in [6.45, 7) is 0. The zero-order chi connectivity index (χ0) is 12.3. The molecular formula is C14H20N2O. The summed E-state index contributed by atoms with van der Waals surface area (Å²) in [7, 11) is 1.87. The number of carbonyl (C=O) groups excluding carboxylic acids is 1. The number of rotatable bonds is 4. The minimum Gasteiger partial charge on any atom is -0.341 e. The van der Waals surface area contributed by atoms with Gasteiger partial charge in [-0.3, -0.25) is 4.79 Å². The summed E-state index contributed by atoms with van der Waals surface area (Å²) in [4.78, 5) is 13.9. The Hall–Kier alpha value is -1.35. The molecule has 1 amide bonds. The van der Waals surface area contributed by atoms with E-state index in [1.165, 1.54) is 6.42 Å². The Morgan fingerprint density at radius 2 is 2.06 bits per heavy atom. The number of hydrogen-bond acceptors (Lipinski definition) is 2. The molecule has 3 nitrogen and oxygen atoms in total. The Kier molecular flexibility index (Phi) is 3.79. The van der Waals surface area contributed by atoms with Crippen LogP contribution in [0.3, 0.4) is 0 Å². The van der Waals surface area contributed by atoms with Gasteiger partial charge in [0.1, 0.15) is 0 Å². The highest BCUT2D eigenvalue weighted by Gasteiger charge is 2.28. The molecule has 2 rings (SSSR count). The average molecular weight is 232 g/mol. The molecule has 1 aromatic rings. The molecule has 1 atom stereocenters. The molecule has 1 aliphatic rings. The Morgan fingerprint density at radius 1 is 1.41 bits per heavy atom. The molecule has 0 heterocycles. The summed E-state index contributed by atoms with van der Waals surface area (Å²) in [5.74, 6) is 0.0681. The number of amides is 1. The lowest BCUT2D eigenvalue weighted by Gasteiger charge is -2.36. The van der Waals surface area contributed by atoms with Crippen LogP contribution in [-0.2, 0) is 11.2 Å². The van der Waals surface area contributed by atoms with E-state index in [2.05, 4.69) is 0 Å². The number of benzene rings is 1. The van der Waals surface area contributed by atoms with Gasteiger partial charge in [0, 0.05) is 13.1 Å². The summed E-state index contributed by atoms with van der Waals surface area (Å²) in [6.07, 6.45) is 4.10. The van der Waals surface area contributed by atoms with Crippen LogP contribution in [0.1, 0.15) is 24.8 Å². The maximum absolute atomic E-state index is 12.1. The quantitative estimate of drug-likeness (QED) is 0.856. The summed E-state index contributed by atoms with van der Waals surface area (Å²) in [6, 6.07) is 9.95. The van der Waals surface area contributed by atoms with Crippen molar-refractivity contribution in [3.8, 4) is 0 Å². The Morgan fingerprint density at radius 3 is 2.59 bits per heavy atom. The fourth-order valence-corrected chi connectivity index (χ4v) is 2.17. The smallest absolute Gasteiger partial charge is 0.239 e. The molecule has 1 aliphatic carbocycles. The lowest BCUT2D eigenvalue weighted by Crippen LogP contribution is -2.49. The number of nitrogens with zero attached hydrogens (tertiary/aromatic N) is 1. The number of nitrogens with two attached hydrogens (primary N) is 1. The molecule has 92 valence electrons. The van der Waals surface area contributed by atoms with Crippen LogP contribution in [0.2, 0.25) is 0 Å². The molecule has 0 spiro atoms. The van der Waals surface area contributed by atoms with E-state index < -0.39 is 6.04 Å². The summed E-state index contributed by atoms with van der Waals surface area (Å²) in [5, 5.41) is 0. The molecule has 0 aromatic heterocycles. The highest BCUT2D eigenvalue weighted by atomic mass is 16.2. The second kappa shape index (κ2) is 5.32. The molecule has 0 saturated heterocycles. The minimum absolute atomic E-state index is 0.0681. The average Bonchev–Trinajstić information content (AvgIpc) is 2.27. The van der Waals surface area contributed by atoms with Crippen LogP contribution in [0.5, 0.6) is 0 Å². The zero-order valence-electron chi connectivity index (χ0n) is 10.3. The molecular weight excluding hydrogens is 212 g/mol. The molecule has 0 radical (unpaired) electrons. The van der Waals surface area contributed by atoms with Crippen LogP contribution in [0, 0.1) is 0 Å². The van der Waals surface area contributed by atoms with Gasteiger partial charge in [-0.05, 0) is 31.2 Å². The van der Waals surface area contributed by atoms with Crippen LogP contribution in [0.4, 0.5) is 0 Å². The first-order valence-corrected chi connectivity index (χ1v) is 6.24. The number of hydrogen-bond donors (Lipinski definition) is 1. The third-order valence-electron chi connectivity index (χ3n) is 3.59. The zero-order valence-corrected chi connectivity index (χ0v) is 10.3. The first-order chi connectivity index (χ1) is 8.18. The van der Waals surface area contributed by atoms with Crippen LogP contribution in [-0.4, -0.2) is 29.9 Å². The predicted octanol–water partition coefficient (Wildman–Crippen LogP) is 1.57. The van der Waals surface area contributed by atoms with E-state index in [0.29, 0.717) is 12.5 Å². The normalized spacial score (nSPS) is 17.3. The third-order valence-corrected chi connectivity index (χ3v) is 3.59. The van der Waals surface area contributed by atoms with Gasteiger partial charge in [0.05, 0.1) is 6.04 Å². The Balaban J connectivity index is 1.90. The van der Waals surface area contributed by atoms with E-state index >= 15 is 0 Å². The maximum atomic E-state index is 12.1. The van der Waals surface area contributed by atoms with E-state index in [4.69, 9.17) is 5.73 Å². The fraction of sp³-hybridized carbons (Fsp3) is 0.500. The molecule has 1 saturated carbocycles. The van der Waals surface area contributed by atoms with Crippen molar-refractivity contribution >= 4 is 5.91 Å². The number of carbonyl (C=O) groups is 1. The molecule has 1 aromatic carbocycles. The van der Waals surface area contributed by atoms with E-state index in [9.17, 15) is 4.79 Å². The van der Waals surface area contributed by atoms with Gasteiger partial charge in [-0.25, -0.2) is 0 Å². The third kappa shape index (κ3) is 2.86. The van der Waals surface area contributed by atoms with Gasteiger partial charge < -0.3 is 10.6 Å². The summed E-state index contributed by atoms with van der Waals surface area (Å²) in [5.41, 5.74) is 7.10. The standard InChI is InChI=1S/C14H20N2O/c1-16(12-8-5-9-12)14(17)13(15)10-11-6-3-2-4-7-11/h2-4,6-7,12-13H,5,8-10,15H2,1H3/t13-/m1/s1. The SMILES string of the molecule is CN(C(=O)[C@H](N)Cc1ccccc1)C1CCC1. The van der Waals surface area contributed by atoms with Crippen molar-refractivity contribution in [2.24, 2.45) is 5.73 Å². The van der Waals surface area contributed by atoms with Gasteiger partial charge in [-0.1, -0.05) is 30.3 Å². The van der Waals surface area contributed by atoms with Crippen LogP contribution in [0.25, 0.3) is 0 Å². The summed E-state index contributed by atoms with van der Waals surface area (Å²) >= 11 is 0. The molecule has 0 bridgehead atoms. The van der Waals surface area contributed by atoms with Crippen molar-refractivity contribution in [3.63, 3.8) is 0 Å². The summed E-state index contributed by atoms with van der Waals surface area (Å²) < 4.78 is 0. The van der Waals surface area contributed by atoms with Crippen molar-refractivity contribution in [1.82, 2.24) is 4.90 Å². The van der Waals surface area contributed by atoms with Crippen molar-refractivity contribution in [1.29, 1.82) is 0 Å². The van der Waals surface area contributed by atoms with Gasteiger partial charge in [0.15, 0.2) is 0 Å². The highest BCUT2D eigenvalue weighted by molar-refractivity contribution is 5.82. The first-order valence-electron chi connectivity index (χ1n) is 6.24. The van der Waals surface area contributed by atoms with Crippen molar-refractivity contribution in [2.45, 2.75) is 37.8 Å². The Labute approximate surface area is 103 Å². The van der Waals surface area contributed by atoms with Gasteiger partial charge >= 0.3 is 0 Å². The van der Waals surface area contributed by atoms with Crippen LogP contribution >= 0.6 is 0 Å². The maximum Gasteiger partial charge on any atom is 0.239 e. The predicted molar refractivity (Wildman–Crippen MR) is 68.5 cm³/mol. The van der Waals surface area contributed by atoms with E-state index in [1.54, 1.807) is 0 Å². The van der Waals surface area contributed by atoms with Crippen molar-refractivity contribution in [2.75, 3.05) is 7.05 Å². The van der Waals surface area contributed by atoms with E-state index in [-0.39, 0.29) is 5.91 Å². The van der Waals surface area contributed by atoms with Gasteiger partial charge in [-0.15, -0.1) is 0 Å².